The fourth-order valence-electron chi connectivity index (χ4n) is 4.70. The quantitative estimate of drug-likeness (QED) is 0.637. The summed E-state index contributed by atoms with van der Waals surface area (Å²) < 4.78 is 1.56. The van der Waals surface area contributed by atoms with E-state index >= 15 is 0 Å². The predicted molar refractivity (Wildman–Crippen MR) is 126 cm³/mol. The fraction of sp³-hybridized carbons (Fsp3) is 0.417. The third-order valence-corrected chi connectivity index (χ3v) is 7.76. The van der Waals surface area contributed by atoms with Crippen LogP contribution in [0.15, 0.2) is 35.4 Å². The maximum Gasteiger partial charge on any atom is 0.262 e. The summed E-state index contributed by atoms with van der Waals surface area (Å²) in [7, 11) is 0. The number of aromatic nitrogens is 2. The topological polar surface area (TPSA) is 95.7 Å². The first kappa shape index (κ1) is 21.6. The van der Waals surface area contributed by atoms with Gasteiger partial charge in [-0.2, -0.15) is 0 Å². The Morgan fingerprint density at radius 1 is 1.03 bits per heavy atom. The number of piperazine rings is 1. The summed E-state index contributed by atoms with van der Waals surface area (Å²) in [6.45, 7) is 1.98. The zero-order chi connectivity index (χ0) is 22.9. The van der Waals surface area contributed by atoms with Gasteiger partial charge in [-0.1, -0.05) is 12.1 Å². The first-order valence-electron chi connectivity index (χ1n) is 11.4. The molecule has 172 valence electrons. The van der Waals surface area contributed by atoms with Gasteiger partial charge in [0.2, 0.25) is 5.91 Å². The molecule has 5 rings (SSSR count). The SMILES string of the molecule is O=C(CCn1cnc2sc3c(c2c1=O)CCCC3)N1CCN(C(=O)c2ccccc2O)CC1. The number of aryl methyl sites for hydroxylation is 3. The summed E-state index contributed by atoms with van der Waals surface area (Å²) in [5.41, 5.74) is 1.38. The third-order valence-electron chi connectivity index (χ3n) is 6.56. The Morgan fingerprint density at radius 2 is 1.76 bits per heavy atom. The van der Waals surface area contributed by atoms with Crippen LogP contribution < -0.4 is 5.56 Å². The molecule has 0 spiro atoms. The lowest BCUT2D eigenvalue weighted by molar-refractivity contribution is -0.132. The Morgan fingerprint density at radius 3 is 2.55 bits per heavy atom. The first-order chi connectivity index (χ1) is 16.0. The number of fused-ring (bicyclic) bond motifs is 3. The molecule has 1 saturated heterocycles. The van der Waals surface area contributed by atoms with Crippen molar-refractivity contribution in [3.63, 3.8) is 0 Å². The van der Waals surface area contributed by atoms with Gasteiger partial charge in [0.15, 0.2) is 0 Å². The van der Waals surface area contributed by atoms with E-state index in [0.717, 1.165) is 41.5 Å². The molecule has 1 aliphatic heterocycles. The number of carbonyl (C=O) groups is 2. The van der Waals surface area contributed by atoms with Gasteiger partial charge in [-0.3, -0.25) is 19.0 Å². The van der Waals surface area contributed by atoms with Gasteiger partial charge in [0.1, 0.15) is 10.6 Å². The largest absolute Gasteiger partial charge is 0.507 e. The van der Waals surface area contributed by atoms with Crippen LogP contribution in [0, 0.1) is 0 Å². The number of hydrogen-bond donors (Lipinski definition) is 1. The predicted octanol–water partition coefficient (Wildman–Crippen LogP) is 2.42. The number of carbonyl (C=O) groups excluding carboxylic acids is 2. The molecule has 3 aromatic rings. The van der Waals surface area contributed by atoms with Crippen molar-refractivity contribution in [3.8, 4) is 5.75 Å². The molecule has 1 aliphatic carbocycles. The number of rotatable bonds is 4. The maximum absolute atomic E-state index is 13.1. The van der Waals surface area contributed by atoms with Crippen LogP contribution in [-0.4, -0.2) is 62.5 Å². The number of benzene rings is 1. The Hall–Kier alpha value is -3.20. The zero-order valence-electron chi connectivity index (χ0n) is 18.3. The van der Waals surface area contributed by atoms with Crippen molar-refractivity contribution in [2.24, 2.45) is 0 Å². The molecule has 3 heterocycles. The minimum Gasteiger partial charge on any atom is -0.507 e. The number of para-hydroxylation sites is 1. The van der Waals surface area contributed by atoms with Gasteiger partial charge >= 0.3 is 0 Å². The lowest BCUT2D eigenvalue weighted by Gasteiger charge is -2.35. The number of aromatic hydroxyl groups is 1. The third kappa shape index (κ3) is 4.13. The Labute approximate surface area is 195 Å². The molecule has 2 aliphatic rings. The molecule has 0 unspecified atom stereocenters. The Kier molecular flexibility index (Phi) is 5.88. The van der Waals surface area contributed by atoms with E-state index < -0.39 is 0 Å². The molecule has 0 atom stereocenters. The van der Waals surface area contributed by atoms with Crippen LogP contribution in [0.25, 0.3) is 10.2 Å². The summed E-state index contributed by atoms with van der Waals surface area (Å²) >= 11 is 1.62. The van der Waals surface area contributed by atoms with E-state index in [0.29, 0.717) is 32.7 Å². The molecule has 2 aromatic heterocycles. The van der Waals surface area contributed by atoms with Crippen LogP contribution >= 0.6 is 11.3 Å². The van der Waals surface area contributed by atoms with Gasteiger partial charge in [0.25, 0.3) is 11.5 Å². The number of hydrogen-bond acceptors (Lipinski definition) is 6. The normalized spacial score (nSPS) is 16.1. The van der Waals surface area contributed by atoms with Crippen LogP contribution in [-0.2, 0) is 24.2 Å². The summed E-state index contributed by atoms with van der Waals surface area (Å²) in [5, 5.41) is 10.7. The van der Waals surface area contributed by atoms with E-state index in [-0.39, 0.29) is 35.1 Å². The van der Waals surface area contributed by atoms with Crippen molar-refractivity contribution in [3.05, 3.63) is 57.0 Å². The van der Waals surface area contributed by atoms with E-state index in [1.54, 1.807) is 50.2 Å². The summed E-state index contributed by atoms with van der Waals surface area (Å²) in [5.74, 6) is -0.307. The molecule has 8 nitrogen and oxygen atoms in total. The van der Waals surface area contributed by atoms with E-state index in [4.69, 9.17) is 0 Å². The summed E-state index contributed by atoms with van der Waals surface area (Å²) in [6.07, 6.45) is 5.99. The van der Waals surface area contributed by atoms with Crippen molar-refractivity contribution in [1.29, 1.82) is 0 Å². The van der Waals surface area contributed by atoms with Crippen molar-refractivity contribution in [1.82, 2.24) is 19.4 Å². The van der Waals surface area contributed by atoms with E-state index in [9.17, 15) is 19.5 Å². The Bertz CT molecular complexity index is 1270. The minimum absolute atomic E-state index is 0.0380. The van der Waals surface area contributed by atoms with E-state index in [1.807, 2.05) is 0 Å². The second kappa shape index (κ2) is 8.97. The minimum atomic E-state index is -0.231. The van der Waals surface area contributed by atoms with E-state index in [1.165, 1.54) is 10.9 Å². The van der Waals surface area contributed by atoms with E-state index in [2.05, 4.69) is 4.98 Å². The number of nitrogens with zero attached hydrogens (tertiary/aromatic N) is 4. The van der Waals surface area contributed by atoms with Crippen LogP contribution in [0.2, 0.25) is 0 Å². The van der Waals surface area contributed by atoms with Crippen molar-refractivity contribution in [2.45, 2.75) is 38.6 Å². The molecule has 0 radical (unpaired) electrons. The molecule has 1 fully saturated rings. The fourth-order valence-corrected chi connectivity index (χ4v) is 5.92. The van der Waals surface area contributed by atoms with Gasteiger partial charge in [-0.15, -0.1) is 11.3 Å². The highest BCUT2D eigenvalue weighted by Crippen LogP contribution is 2.33. The van der Waals surface area contributed by atoms with Gasteiger partial charge < -0.3 is 14.9 Å². The average Bonchev–Trinajstić information content (AvgIpc) is 3.23. The van der Waals surface area contributed by atoms with Crippen molar-refractivity contribution < 1.29 is 14.7 Å². The highest BCUT2D eigenvalue weighted by molar-refractivity contribution is 7.18. The zero-order valence-corrected chi connectivity index (χ0v) is 19.1. The molecule has 9 heteroatoms. The summed E-state index contributed by atoms with van der Waals surface area (Å²) in [4.78, 5) is 48.5. The first-order valence-corrected chi connectivity index (χ1v) is 12.2. The van der Waals surface area contributed by atoms with Crippen LogP contribution in [0.1, 0.15) is 40.1 Å². The number of phenols is 1. The molecule has 0 bridgehead atoms. The Balaban J connectivity index is 1.20. The van der Waals surface area contributed by atoms with Gasteiger partial charge in [0, 0.05) is 44.0 Å². The molecule has 1 aromatic carbocycles. The van der Waals surface area contributed by atoms with Crippen LogP contribution in [0.3, 0.4) is 0 Å². The molecule has 1 N–H and O–H groups in total. The van der Waals surface area contributed by atoms with Gasteiger partial charge in [-0.05, 0) is 43.4 Å². The van der Waals surface area contributed by atoms with Crippen LogP contribution in [0.5, 0.6) is 5.75 Å². The lowest BCUT2D eigenvalue weighted by atomic mass is 9.97. The molecular weight excluding hydrogens is 440 g/mol. The monoisotopic (exact) mass is 466 g/mol. The second-order valence-electron chi connectivity index (χ2n) is 8.57. The highest BCUT2D eigenvalue weighted by atomic mass is 32.1. The van der Waals surface area contributed by atoms with Gasteiger partial charge in [0.05, 0.1) is 17.3 Å². The van der Waals surface area contributed by atoms with Crippen LogP contribution in [0.4, 0.5) is 0 Å². The molecule has 0 saturated carbocycles. The average molecular weight is 467 g/mol. The lowest BCUT2D eigenvalue weighted by Crippen LogP contribution is -2.50. The van der Waals surface area contributed by atoms with Gasteiger partial charge in [-0.25, -0.2) is 4.98 Å². The highest BCUT2D eigenvalue weighted by Gasteiger charge is 2.26. The van der Waals surface area contributed by atoms with Crippen molar-refractivity contribution in [2.75, 3.05) is 26.2 Å². The maximum atomic E-state index is 13.1. The number of amides is 2. The number of thiophene rings is 1. The number of phenolic OH excluding ortho intramolecular Hbond substituents is 1. The standard InChI is InChI=1S/C24H26N4O4S/c29-18-7-3-1-5-16(18)23(31)27-13-11-26(12-14-27)20(30)9-10-28-15-25-22-21(24(28)32)17-6-2-4-8-19(17)33-22/h1,3,5,7,15,29H,2,4,6,8-14H2. The summed E-state index contributed by atoms with van der Waals surface area (Å²) in [6, 6.07) is 6.48. The molecule has 33 heavy (non-hydrogen) atoms. The second-order valence-corrected chi connectivity index (χ2v) is 9.66. The molecular formula is C24H26N4O4S. The van der Waals surface area contributed by atoms with Crippen molar-refractivity contribution >= 4 is 33.4 Å². The molecule has 2 amide bonds. The smallest absolute Gasteiger partial charge is 0.262 e.